The number of para-hydroxylation sites is 1. The zero-order valence-corrected chi connectivity index (χ0v) is 16.9. The highest BCUT2D eigenvalue weighted by Crippen LogP contribution is 2.18. The highest BCUT2D eigenvalue weighted by molar-refractivity contribution is 5.87. The molecular weight excluding hydrogens is 368 g/mol. The van der Waals surface area contributed by atoms with Crippen LogP contribution in [0.4, 0.5) is 5.69 Å². The maximum atomic E-state index is 12.5. The standard InChI is InChI=1S/C22H30N4O3/c1-2-20(27)25-12-9-18(10-13-25)22(29)23-11-8-21(28)26-16-14-24(15-17-26)19-6-4-3-5-7-19/h2-7,18H,1,8-17H2,(H,23,29). The molecule has 29 heavy (non-hydrogen) atoms. The summed E-state index contributed by atoms with van der Waals surface area (Å²) in [4.78, 5) is 42.3. The summed E-state index contributed by atoms with van der Waals surface area (Å²) >= 11 is 0. The van der Waals surface area contributed by atoms with Crippen molar-refractivity contribution >= 4 is 23.4 Å². The van der Waals surface area contributed by atoms with Crippen LogP contribution in [-0.2, 0) is 14.4 Å². The Morgan fingerprint density at radius 1 is 0.966 bits per heavy atom. The minimum atomic E-state index is -0.0895. The summed E-state index contributed by atoms with van der Waals surface area (Å²) in [6, 6.07) is 10.2. The Morgan fingerprint density at radius 3 is 2.24 bits per heavy atom. The molecule has 2 fully saturated rings. The van der Waals surface area contributed by atoms with Gasteiger partial charge in [0.05, 0.1) is 0 Å². The van der Waals surface area contributed by atoms with Crippen LogP contribution in [0.15, 0.2) is 43.0 Å². The second kappa shape index (κ2) is 10.1. The van der Waals surface area contributed by atoms with Crippen molar-refractivity contribution in [2.24, 2.45) is 5.92 Å². The second-order valence-electron chi connectivity index (χ2n) is 7.55. The lowest BCUT2D eigenvalue weighted by Crippen LogP contribution is -2.49. The van der Waals surface area contributed by atoms with E-state index < -0.39 is 0 Å². The first kappa shape index (κ1) is 20.9. The summed E-state index contributed by atoms with van der Waals surface area (Å²) in [5, 5.41) is 2.89. The number of hydrogen-bond donors (Lipinski definition) is 1. The van der Waals surface area contributed by atoms with Gasteiger partial charge in [-0.1, -0.05) is 24.8 Å². The first-order chi connectivity index (χ1) is 14.1. The molecule has 3 amide bonds. The van der Waals surface area contributed by atoms with E-state index in [0.29, 0.717) is 52.0 Å². The molecule has 0 aliphatic carbocycles. The molecule has 156 valence electrons. The fourth-order valence-electron chi connectivity index (χ4n) is 3.94. The van der Waals surface area contributed by atoms with Gasteiger partial charge >= 0.3 is 0 Å². The first-order valence-corrected chi connectivity index (χ1v) is 10.4. The highest BCUT2D eigenvalue weighted by Gasteiger charge is 2.26. The van der Waals surface area contributed by atoms with Gasteiger partial charge in [-0.15, -0.1) is 0 Å². The molecule has 0 aromatic heterocycles. The molecule has 0 unspecified atom stereocenters. The summed E-state index contributed by atoms with van der Waals surface area (Å²) in [5.41, 5.74) is 1.19. The maximum Gasteiger partial charge on any atom is 0.245 e. The number of hydrogen-bond acceptors (Lipinski definition) is 4. The number of nitrogens with zero attached hydrogens (tertiary/aromatic N) is 3. The van der Waals surface area contributed by atoms with Crippen LogP contribution in [0.2, 0.25) is 0 Å². The van der Waals surface area contributed by atoms with Crippen LogP contribution >= 0.6 is 0 Å². The molecular formula is C22H30N4O3. The quantitative estimate of drug-likeness (QED) is 0.733. The molecule has 1 aromatic carbocycles. The molecule has 7 nitrogen and oxygen atoms in total. The Balaban J connectivity index is 1.33. The van der Waals surface area contributed by atoms with Crippen molar-refractivity contribution in [3.63, 3.8) is 0 Å². The van der Waals surface area contributed by atoms with Gasteiger partial charge in [0.25, 0.3) is 0 Å². The summed E-state index contributed by atoms with van der Waals surface area (Å²) < 4.78 is 0. The monoisotopic (exact) mass is 398 g/mol. The number of rotatable bonds is 6. The van der Waals surface area contributed by atoms with Gasteiger partial charge in [0.15, 0.2) is 0 Å². The van der Waals surface area contributed by atoms with Crippen molar-refractivity contribution in [1.82, 2.24) is 15.1 Å². The van der Waals surface area contributed by atoms with Gasteiger partial charge in [0.2, 0.25) is 17.7 Å². The Labute approximate surface area is 172 Å². The predicted octanol–water partition coefficient (Wildman–Crippen LogP) is 1.27. The molecule has 0 radical (unpaired) electrons. The van der Waals surface area contributed by atoms with Gasteiger partial charge in [-0.25, -0.2) is 0 Å². The number of piperazine rings is 1. The first-order valence-electron chi connectivity index (χ1n) is 10.4. The van der Waals surface area contributed by atoms with Crippen molar-refractivity contribution in [2.45, 2.75) is 19.3 Å². The Morgan fingerprint density at radius 2 is 1.62 bits per heavy atom. The topological polar surface area (TPSA) is 73.0 Å². The Hall–Kier alpha value is -2.83. The average molecular weight is 399 g/mol. The summed E-state index contributed by atoms with van der Waals surface area (Å²) in [7, 11) is 0. The van der Waals surface area contributed by atoms with Crippen LogP contribution in [0.1, 0.15) is 19.3 Å². The van der Waals surface area contributed by atoms with Gasteiger partial charge in [-0.2, -0.15) is 0 Å². The molecule has 0 spiro atoms. The average Bonchev–Trinajstić information content (AvgIpc) is 2.79. The van der Waals surface area contributed by atoms with Crippen LogP contribution in [0.5, 0.6) is 0 Å². The normalized spacial score (nSPS) is 17.7. The molecule has 0 bridgehead atoms. The third-order valence-corrected chi connectivity index (χ3v) is 5.74. The minimum absolute atomic E-state index is 0.0163. The van der Waals surface area contributed by atoms with Crippen LogP contribution < -0.4 is 10.2 Å². The van der Waals surface area contributed by atoms with E-state index in [-0.39, 0.29) is 23.6 Å². The number of amides is 3. The number of piperidine rings is 1. The summed E-state index contributed by atoms with van der Waals surface area (Å²) in [6.45, 7) is 8.07. The van der Waals surface area contributed by atoms with E-state index in [1.54, 1.807) is 4.90 Å². The number of likely N-dealkylation sites (tertiary alicyclic amines) is 1. The Kier molecular flexibility index (Phi) is 7.27. The van der Waals surface area contributed by atoms with Gasteiger partial charge in [-0.3, -0.25) is 14.4 Å². The predicted molar refractivity (Wildman–Crippen MR) is 112 cm³/mol. The molecule has 3 rings (SSSR count). The molecule has 2 aliphatic heterocycles. The van der Waals surface area contributed by atoms with Crippen molar-refractivity contribution < 1.29 is 14.4 Å². The van der Waals surface area contributed by atoms with Crippen molar-refractivity contribution in [2.75, 3.05) is 50.7 Å². The van der Waals surface area contributed by atoms with Crippen molar-refractivity contribution in [1.29, 1.82) is 0 Å². The van der Waals surface area contributed by atoms with Crippen LogP contribution in [-0.4, -0.2) is 73.3 Å². The molecule has 1 aromatic rings. The van der Waals surface area contributed by atoms with Gasteiger partial charge in [0, 0.05) is 63.8 Å². The van der Waals surface area contributed by atoms with Gasteiger partial charge in [0.1, 0.15) is 0 Å². The molecule has 2 saturated heterocycles. The number of carbonyl (C=O) groups is 3. The minimum Gasteiger partial charge on any atom is -0.368 e. The fraction of sp³-hybridized carbons (Fsp3) is 0.500. The molecule has 2 heterocycles. The van der Waals surface area contributed by atoms with E-state index in [0.717, 1.165) is 13.1 Å². The zero-order chi connectivity index (χ0) is 20.6. The fourth-order valence-corrected chi connectivity index (χ4v) is 3.94. The van der Waals surface area contributed by atoms with Gasteiger partial charge < -0.3 is 20.0 Å². The van der Waals surface area contributed by atoms with Crippen LogP contribution in [0.3, 0.4) is 0 Å². The molecule has 7 heteroatoms. The molecule has 0 saturated carbocycles. The number of anilines is 1. The van der Waals surface area contributed by atoms with E-state index in [4.69, 9.17) is 0 Å². The van der Waals surface area contributed by atoms with Crippen molar-refractivity contribution in [3.05, 3.63) is 43.0 Å². The third kappa shape index (κ3) is 5.59. The SMILES string of the molecule is C=CC(=O)N1CCC(C(=O)NCCC(=O)N2CCN(c3ccccc3)CC2)CC1. The van der Waals surface area contributed by atoms with Crippen molar-refractivity contribution in [3.8, 4) is 0 Å². The number of nitrogens with one attached hydrogen (secondary N) is 1. The van der Waals surface area contributed by atoms with Crippen LogP contribution in [0.25, 0.3) is 0 Å². The van der Waals surface area contributed by atoms with E-state index in [1.807, 2.05) is 23.1 Å². The molecule has 1 N–H and O–H groups in total. The number of benzene rings is 1. The van der Waals surface area contributed by atoms with E-state index in [9.17, 15) is 14.4 Å². The third-order valence-electron chi connectivity index (χ3n) is 5.74. The highest BCUT2D eigenvalue weighted by atomic mass is 16.2. The number of carbonyl (C=O) groups excluding carboxylic acids is 3. The second-order valence-corrected chi connectivity index (χ2v) is 7.55. The van der Waals surface area contributed by atoms with Crippen LogP contribution in [0, 0.1) is 5.92 Å². The Bertz CT molecular complexity index is 721. The maximum absolute atomic E-state index is 12.5. The zero-order valence-electron chi connectivity index (χ0n) is 16.9. The summed E-state index contributed by atoms with van der Waals surface area (Å²) in [6.07, 6.45) is 2.94. The molecule has 0 atom stereocenters. The van der Waals surface area contributed by atoms with Gasteiger partial charge in [-0.05, 0) is 31.1 Å². The van der Waals surface area contributed by atoms with E-state index in [1.165, 1.54) is 11.8 Å². The summed E-state index contributed by atoms with van der Waals surface area (Å²) in [5.74, 6) is -0.1000. The lowest BCUT2D eigenvalue weighted by Gasteiger charge is -2.36. The molecule has 2 aliphatic rings. The largest absolute Gasteiger partial charge is 0.368 e. The lowest BCUT2D eigenvalue weighted by atomic mass is 9.96. The van der Waals surface area contributed by atoms with E-state index >= 15 is 0 Å². The smallest absolute Gasteiger partial charge is 0.245 e. The lowest BCUT2D eigenvalue weighted by molar-refractivity contribution is -0.133. The van der Waals surface area contributed by atoms with E-state index in [2.05, 4.69) is 28.9 Å².